The minimum absolute atomic E-state index is 0.384. The van der Waals surface area contributed by atoms with E-state index >= 15 is 0 Å². The number of rotatable bonds is 5. The zero-order valence-electron chi connectivity index (χ0n) is 17.5. The van der Waals surface area contributed by atoms with Gasteiger partial charge in [0.05, 0.1) is 12.2 Å². The smallest absolute Gasteiger partial charge is 0.226 e. The highest BCUT2D eigenvalue weighted by molar-refractivity contribution is 5.80. The van der Waals surface area contributed by atoms with Crippen LogP contribution in [0.15, 0.2) is 64.3 Å². The molecule has 0 spiro atoms. The molecule has 0 atom stereocenters. The SMILES string of the molecule is CN=C(NCc1coc(-c2ccccc2)n1)NC1CCN(c2ccc(C)cn2)CC1. The van der Waals surface area contributed by atoms with Crippen molar-refractivity contribution in [3.63, 3.8) is 0 Å². The quantitative estimate of drug-likeness (QED) is 0.501. The minimum atomic E-state index is 0.384. The van der Waals surface area contributed by atoms with Gasteiger partial charge in [-0.25, -0.2) is 9.97 Å². The number of aromatic nitrogens is 2. The molecule has 0 radical (unpaired) electrons. The normalized spacial score (nSPS) is 15.3. The molecule has 7 nitrogen and oxygen atoms in total. The number of aryl methyl sites for hydroxylation is 1. The maximum absolute atomic E-state index is 5.60. The Morgan fingerprint density at radius 1 is 1.17 bits per heavy atom. The summed E-state index contributed by atoms with van der Waals surface area (Å²) in [5.41, 5.74) is 3.01. The van der Waals surface area contributed by atoms with Crippen molar-refractivity contribution in [2.45, 2.75) is 32.4 Å². The van der Waals surface area contributed by atoms with Crippen molar-refractivity contribution in [1.29, 1.82) is 0 Å². The van der Waals surface area contributed by atoms with Gasteiger partial charge in [-0.3, -0.25) is 4.99 Å². The summed E-state index contributed by atoms with van der Waals surface area (Å²) in [7, 11) is 1.79. The Hall–Kier alpha value is -3.35. The molecule has 0 amide bonds. The molecule has 2 aromatic heterocycles. The van der Waals surface area contributed by atoms with Gasteiger partial charge in [0.1, 0.15) is 12.1 Å². The number of pyridine rings is 1. The third kappa shape index (κ3) is 4.97. The lowest BCUT2D eigenvalue weighted by Crippen LogP contribution is -2.48. The Balaban J connectivity index is 1.26. The molecule has 0 bridgehead atoms. The highest BCUT2D eigenvalue weighted by Gasteiger charge is 2.21. The molecule has 3 aromatic rings. The van der Waals surface area contributed by atoms with Gasteiger partial charge in [-0.1, -0.05) is 24.3 Å². The number of hydrogen-bond acceptors (Lipinski definition) is 5. The summed E-state index contributed by atoms with van der Waals surface area (Å²) in [4.78, 5) is 15.8. The predicted molar refractivity (Wildman–Crippen MR) is 119 cm³/mol. The number of guanidine groups is 1. The minimum Gasteiger partial charge on any atom is -0.444 e. The van der Waals surface area contributed by atoms with Crippen LogP contribution < -0.4 is 15.5 Å². The molecule has 7 heteroatoms. The van der Waals surface area contributed by atoms with E-state index in [0.717, 1.165) is 49.0 Å². The van der Waals surface area contributed by atoms with Gasteiger partial charge in [0.25, 0.3) is 0 Å². The number of anilines is 1. The molecule has 1 fully saturated rings. The first-order valence-electron chi connectivity index (χ1n) is 10.4. The van der Waals surface area contributed by atoms with Gasteiger partial charge in [-0.15, -0.1) is 0 Å². The summed E-state index contributed by atoms with van der Waals surface area (Å²) in [5, 5.41) is 6.87. The van der Waals surface area contributed by atoms with Crippen LogP contribution in [0.5, 0.6) is 0 Å². The van der Waals surface area contributed by atoms with Gasteiger partial charge >= 0.3 is 0 Å². The highest BCUT2D eigenvalue weighted by atomic mass is 16.3. The Labute approximate surface area is 177 Å². The van der Waals surface area contributed by atoms with Crippen LogP contribution in [0.4, 0.5) is 5.82 Å². The molecule has 0 saturated carbocycles. The molecule has 3 heterocycles. The van der Waals surface area contributed by atoms with Crippen molar-refractivity contribution in [1.82, 2.24) is 20.6 Å². The molecule has 4 rings (SSSR count). The number of nitrogens with one attached hydrogen (secondary N) is 2. The monoisotopic (exact) mass is 404 g/mol. The first-order chi connectivity index (χ1) is 14.7. The number of aliphatic imine (C=N–C) groups is 1. The maximum atomic E-state index is 5.60. The molecule has 156 valence electrons. The summed E-state index contributed by atoms with van der Waals surface area (Å²) in [6.07, 6.45) is 5.70. The molecule has 0 unspecified atom stereocenters. The second kappa shape index (κ2) is 9.43. The lowest BCUT2D eigenvalue weighted by atomic mass is 10.1. The van der Waals surface area contributed by atoms with E-state index in [1.807, 2.05) is 36.5 Å². The van der Waals surface area contributed by atoms with Crippen LogP contribution in [-0.4, -0.2) is 42.1 Å². The first kappa shape index (κ1) is 19.9. The summed E-state index contributed by atoms with van der Waals surface area (Å²) < 4.78 is 5.60. The molecule has 1 aromatic carbocycles. The van der Waals surface area contributed by atoms with Crippen LogP contribution in [0.2, 0.25) is 0 Å². The second-order valence-electron chi connectivity index (χ2n) is 7.54. The van der Waals surface area contributed by atoms with Crippen molar-refractivity contribution < 1.29 is 4.42 Å². The fourth-order valence-electron chi connectivity index (χ4n) is 3.56. The van der Waals surface area contributed by atoms with Crippen molar-refractivity contribution >= 4 is 11.8 Å². The van der Waals surface area contributed by atoms with E-state index in [2.05, 4.69) is 49.6 Å². The van der Waals surface area contributed by atoms with E-state index in [9.17, 15) is 0 Å². The number of piperidine rings is 1. The lowest BCUT2D eigenvalue weighted by molar-refractivity contribution is 0.459. The second-order valence-corrected chi connectivity index (χ2v) is 7.54. The summed E-state index contributed by atoms with van der Waals surface area (Å²) >= 11 is 0. The van der Waals surface area contributed by atoms with E-state index in [4.69, 9.17) is 4.42 Å². The van der Waals surface area contributed by atoms with Crippen molar-refractivity contribution in [3.05, 3.63) is 66.2 Å². The van der Waals surface area contributed by atoms with E-state index < -0.39 is 0 Å². The molecule has 0 aliphatic carbocycles. The summed E-state index contributed by atoms with van der Waals surface area (Å²) in [5.74, 6) is 2.47. The van der Waals surface area contributed by atoms with E-state index in [1.165, 1.54) is 5.56 Å². The number of nitrogens with zero attached hydrogens (tertiary/aromatic N) is 4. The Morgan fingerprint density at radius 2 is 1.97 bits per heavy atom. The van der Waals surface area contributed by atoms with Gasteiger partial charge in [0.15, 0.2) is 5.96 Å². The molecule has 1 aliphatic heterocycles. The van der Waals surface area contributed by atoms with Crippen LogP contribution in [0.1, 0.15) is 24.1 Å². The van der Waals surface area contributed by atoms with Crippen molar-refractivity contribution in [2.75, 3.05) is 25.0 Å². The molecular formula is C23H28N6O. The van der Waals surface area contributed by atoms with Crippen LogP contribution >= 0.6 is 0 Å². The standard InChI is InChI=1S/C23H28N6O/c1-17-8-9-21(25-14-17)29-12-10-19(11-13-29)28-23(24-2)26-15-20-16-30-22(27-20)18-6-4-3-5-7-18/h3-9,14,16,19H,10-13,15H2,1-2H3,(H2,24,26,28). The predicted octanol–water partition coefficient (Wildman–Crippen LogP) is 3.38. The zero-order valence-corrected chi connectivity index (χ0v) is 17.5. The molecule has 1 aliphatic rings. The largest absolute Gasteiger partial charge is 0.444 e. The third-order valence-corrected chi connectivity index (χ3v) is 5.29. The lowest BCUT2D eigenvalue weighted by Gasteiger charge is -2.33. The van der Waals surface area contributed by atoms with E-state index in [1.54, 1.807) is 13.3 Å². The van der Waals surface area contributed by atoms with E-state index in [-0.39, 0.29) is 0 Å². The first-order valence-corrected chi connectivity index (χ1v) is 10.4. The zero-order chi connectivity index (χ0) is 20.8. The average Bonchev–Trinajstić information content (AvgIpc) is 3.27. The van der Waals surface area contributed by atoms with Gasteiger partial charge < -0.3 is 20.0 Å². The third-order valence-electron chi connectivity index (χ3n) is 5.29. The van der Waals surface area contributed by atoms with Gasteiger partial charge in [-0.2, -0.15) is 0 Å². The number of oxazole rings is 1. The molecule has 2 N–H and O–H groups in total. The Bertz CT molecular complexity index is 959. The van der Waals surface area contributed by atoms with Crippen molar-refractivity contribution in [3.8, 4) is 11.5 Å². The highest BCUT2D eigenvalue weighted by Crippen LogP contribution is 2.19. The van der Waals surface area contributed by atoms with Gasteiger partial charge in [-0.05, 0) is 43.5 Å². The molecule has 30 heavy (non-hydrogen) atoms. The van der Waals surface area contributed by atoms with Gasteiger partial charge in [0, 0.05) is 37.9 Å². The van der Waals surface area contributed by atoms with Crippen LogP contribution in [0.25, 0.3) is 11.5 Å². The fraction of sp³-hybridized carbons (Fsp3) is 0.348. The van der Waals surface area contributed by atoms with Crippen LogP contribution in [0.3, 0.4) is 0 Å². The molecular weight excluding hydrogens is 376 g/mol. The molecule has 1 saturated heterocycles. The Kier molecular flexibility index (Phi) is 6.27. The van der Waals surface area contributed by atoms with E-state index in [0.29, 0.717) is 18.5 Å². The topological polar surface area (TPSA) is 78.6 Å². The maximum Gasteiger partial charge on any atom is 0.226 e. The average molecular weight is 405 g/mol. The number of hydrogen-bond donors (Lipinski definition) is 2. The van der Waals surface area contributed by atoms with Crippen LogP contribution in [0, 0.1) is 6.92 Å². The summed E-state index contributed by atoms with van der Waals surface area (Å²) in [6, 6.07) is 14.5. The summed E-state index contributed by atoms with van der Waals surface area (Å²) in [6.45, 7) is 4.58. The fourth-order valence-corrected chi connectivity index (χ4v) is 3.56. The Morgan fingerprint density at radius 3 is 2.67 bits per heavy atom. The van der Waals surface area contributed by atoms with Gasteiger partial charge in [0.2, 0.25) is 5.89 Å². The van der Waals surface area contributed by atoms with Crippen LogP contribution in [-0.2, 0) is 6.54 Å². The number of benzene rings is 1. The van der Waals surface area contributed by atoms with Crippen molar-refractivity contribution in [2.24, 2.45) is 4.99 Å².